The van der Waals surface area contributed by atoms with E-state index in [1.807, 2.05) is 34.6 Å². The van der Waals surface area contributed by atoms with Crippen LogP contribution in [0.1, 0.15) is 41.0 Å². The largest absolute Gasteiger partial charge is 0.376 e. The van der Waals surface area contributed by atoms with Gasteiger partial charge in [-0.25, -0.2) is 0 Å². The van der Waals surface area contributed by atoms with Crippen LogP contribution < -0.4 is 5.32 Å². The van der Waals surface area contributed by atoms with Gasteiger partial charge >= 0.3 is 0 Å². The van der Waals surface area contributed by atoms with Gasteiger partial charge in [-0.2, -0.15) is 0 Å². The summed E-state index contributed by atoms with van der Waals surface area (Å²) in [4.78, 5) is 11.2. The van der Waals surface area contributed by atoms with E-state index in [0.717, 1.165) is 6.42 Å². The molecule has 0 atom stereocenters. The quantitative estimate of drug-likeness (QED) is 0.691. The van der Waals surface area contributed by atoms with Gasteiger partial charge in [-0.05, 0) is 27.2 Å². The van der Waals surface area contributed by atoms with Crippen molar-refractivity contribution in [3.63, 3.8) is 0 Å². The molecule has 0 aliphatic rings. The maximum absolute atomic E-state index is 11.2. The average molecular weight is 201 g/mol. The minimum absolute atomic E-state index is 0.0681. The zero-order valence-corrected chi connectivity index (χ0v) is 10.0. The zero-order valence-electron chi connectivity index (χ0n) is 10.0. The molecule has 1 N–H and O–H groups in total. The SMILES string of the molecule is CC(C)C(=O)NCCCOC(C)(C)C. The summed E-state index contributed by atoms with van der Waals surface area (Å²) >= 11 is 0. The Morgan fingerprint density at radius 3 is 2.36 bits per heavy atom. The van der Waals surface area contributed by atoms with Crippen molar-refractivity contribution in [3.8, 4) is 0 Å². The maximum Gasteiger partial charge on any atom is 0.222 e. The Bertz CT molecular complexity index is 171. The number of carbonyl (C=O) groups is 1. The van der Waals surface area contributed by atoms with Crippen LogP contribution in [0.25, 0.3) is 0 Å². The van der Waals surface area contributed by atoms with Crippen molar-refractivity contribution in [1.29, 1.82) is 0 Å². The molecule has 14 heavy (non-hydrogen) atoms. The van der Waals surface area contributed by atoms with Gasteiger partial charge in [0.1, 0.15) is 0 Å². The van der Waals surface area contributed by atoms with Gasteiger partial charge in [-0.15, -0.1) is 0 Å². The Kier molecular flexibility index (Phi) is 5.77. The van der Waals surface area contributed by atoms with Crippen LogP contribution in [0.4, 0.5) is 0 Å². The predicted molar refractivity (Wildman–Crippen MR) is 58.2 cm³/mol. The van der Waals surface area contributed by atoms with Gasteiger partial charge in [-0.3, -0.25) is 4.79 Å². The Morgan fingerprint density at radius 1 is 1.36 bits per heavy atom. The first kappa shape index (κ1) is 13.4. The molecule has 3 nitrogen and oxygen atoms in total. The molecule has 0 unspecified atom stereocenters. The molecule has 0 aliphatic carbocycles. The highest BCUT2D eigenvalue weighted by Crippen LogP contribution is 2.06. The highest BCUT2D eigenvalue weighted by molar-refractivity contribution is 5.77. The molecular weight excluding hydrogens is 178 g/mol. The van der Waals surface area contributed by atoms with Gasteiger partial charge in [0.15, 0.2) is 0 Å². The third kappa shape index (κ3) is 8.05. The predicted octanol–water partition coefficient (Wildman–Crippen LogP) is 1.96. The first-order valence-electron chi connectivity index (χ1n) is 5.24. The summed E-state index contributed by atoms with van der Waals surface area (Å²) in [6, 6.07) is 0. The minimum atomic E-state index is -0.0813. The first-order chi connectivity index (χ1) is 6.33. The van der Waals surface area contributed by atoms with E-state index in [4.69, 9.17) is 4.74 Å². The fraction of sp³-hybridized carbons (Fsp3) is 0.909. The number of carbonyl (C=O) groups excluding carboxylic acids is 1. The minimum Gasteiger partial charge on any atom is -0.376 e. The van der Waals surface area contributed by atoms with Crippen LogP contribution in [0.15, 0.2) is 0 Å². The van der Waals surface area contributed by atoms with Gasteiger partial charge in [0, 0.05) is 19.1 Å². The van der Waals surface area contributed by atoms with E-state index < -0.39 is 0 Å². The Morgan fingerprint density at radius 2 is 1.93 bits per heavy atom. The Labute approximate surface area is 87.2 Å². The van der Waals surface area contributed by atoms with Crippen molar-refractivity contribution in [2.75, 3.05) is 13.2 Å². The molecule has 0 aliphatic heterocycles. The van der Waals surface area contributed by atoms with Crippen molar-refractivity contribution in [1.82, 2.24) is 5.32 Å². The molecule has 0 aromatic heterocycles. The van der Waals surface area contributed by atoms with E-state index in [-0.39, 0.29) is 17.4 Å². The summed E-state index contributed by atoms with van der Waals surface area (Å²) in [6.45, 7) is 11.3. The number of ether oxygens (including phenoxy) is 1. The molecule has 0 bridgehead atoms. The maximum atomic E-state index is 11.2. The monoisotopic (exact) mass is 201 g/mol. The fourth-order valence-electron chi connectivity index (χ4n) is 0.866. The lowest BCUT2D eigenvalue weighted by atomic mass is 10.2. The van der Waals surface area contributed by atoms with Crippen molar-refractivity contribution in [2.24, 2.45) is 5.92 Å². The lowest BCUT2D eigenvalue weighted by Gasteiger charge is -2.19. The van der Waals surface area contributed by atoms with E-state index in [2.05, 4.69) is 5.32 Å². The lowest BCUT2D eigenvalue weighted by molar-refractivity contribution is -0.124. The molecule has 0 fully saturated rings. The Balaban J connectivity index is 3.35. The van der Waals surface area contributed by atoms with Crippen LogP contribution in [-0.2, 0) is 9.53 Å². The number of amides is 1. The summed E-state index contributed by atoms with van der Waals surface area (Å²) < 4.78 is 5.52. The molecule has 0 saturated carbocycles. The van der Waals surface area contributed by atoms with E-state index in [1.165, 1.54) is 0 Å². The van der Waals surface area contributed by atoms with E-state index in [0.29, 0.717) is 13.2 Å². The summed E-state index contributed by atoms with van der Waals surface area (Å²) in [5.41, 5.74) is -0.0813. The number of hydrogen-bond donors (Lipinski definition) is 1. The smallest absolute Gasteiger partial charge is 0.222 e. The zero-order chi connectivity index (χ0) is 11.2. The molecule has 1 amide bonds. The van der Waals surface area contributed by atoms with Gasteiger partial charge in [0.2, 0.25) is 5.91 Å². The number of rotatable bonds is 5. The molecule has 0 saturated heterocycles. The van der Waals surface area contributed by atoms with Gasteiger partial charge in [-0.1, -0.05) is 13.8 Å². The van der Waals surface area contributed by atoms with Gasteiger partial charge in [0.25, 0.3) is 0 Å². The summed E-state index contributed by atoms with van der Waals surface area (Å²) in [5.74, 6) is 0.180. The van der Waals surface area contributed by atoms with Crippen molar-refractivity contribution >= 4 is 5.91 Å². The average Bonchev–Trinajstić information content (AvgIpc) is 2.01. The summed E-state index contributed by atoms with van der Waals surface area (Å²) in [5, 5.41) is 2.85. The second-order valence-electron chi connectivity index (χ2n) is 4.76. The number of hydrogen-bond acceptors (Lipinski definition) is 2. The van der Waals surface area contributed by atoms with E-state index in [9.17, 15) is 4.79 Å². The molecular formula is C11H23NO2. The van der Waals surface area contributed by atoms with Gasteiger partial charge in [0.05, 0.1) is 5.60 Å². The van der Waals surface area contributed by atoms with Crippen LogP contribution in [-0.4, -0.2) is 24.7 Å². The van der Waals surface area contributed by atoms with E-state index >= 15 is 0 Å². The van der Waals surface area contributed by atoms with Crippen LogP contribution in [0.3, 0.4) is 0 Å². The molecule has 0 aromatic carbocycles. The normalized spacial score (nSPS) is 11.9. The molecule has 3 heteroatoms. The fourth-order valence-corrected chi connectivity index (χ4v) is 0.866. The molecule has 84 valence electrons. The Hall–Kier alpha value is -0.570. The van der Waals surface area contributed by atoms with Crippen LogP contribution in [0.2, 0.25) is 0 Å². The van der Waals surface area contributed by atoms with Crippen LogP contribution >= 0.6 is 0 Å². The third-order valence-corrected chi connectivity index (χ3v) is 1.68. The second kappa shape index (κ2) is 6.02. The van der Waals surface area contributed by atoms with Crippen LogP contribution in [0.5, 0.6) is 0 Å². The summed E-state index contributed by atoms with van der Waals surface area (Å²) in [6.07, 6.45) is 0.871. The van der Waals surface area contributed by atoms with Crippen molar-refractivity contribution in [3.05, 3.63) is 0 Å². The highest BCUT2D eigenvalue weighted by Gasteiger charge is 2.09. The first-order valence-corrected chi connectivity index (χ1v) is 5.24. The van der Waals surface area contributed by atoms with Gasteiger partial charge < -0.3 is 10.1 Å². The van der Waals surface area contributed by atoms with Crippen molar-refractivity contribution in [2.45, 2.75) is 46.6 Å². The molecule has 0 heterocycles. The second-order valence-corrected chi connectivity index (χ2v) is 4.76. The molecule has 0 spiro atoms. The molecule has 0 rings (SSSR count). The van der Waals surface area contributed by atoms with Crippen LogP contribution in [0, 0.1) is 5.92 Å². The third-order valence-electron chi connectivity index (χ3n) is 1.68. The standard InChI is InChI=1S/C11H23NO2/c1-9(2)10(13)12-7-6-8-14-11(3,4)5/h9H,6-8H2,1-5H3,(H,12,13). The van der Waals surface area contributed by atoms with Crippen molar-refractivity contribution < 1.29 is 9.53 Å². The summed E-state index contributed by atoms with van der Waals surface area (Å²) in [7, 11) is 0. The molecule has 0 radical (unpaired) electrons. The molecule has 0 aromatic rings. The van der Waals surface area contributed by atoms with E-state index in [1.54, 1.807) is 0 Å². The number of nitrogens with one attached hydrogen (secondary N) is 1. The highest BCUT2D eigenvalue weighted by atomic mass is 16.5. The topological polar surface area (TPSA) is 38.3 Å². The lowest BCUT2D eigenvalue weighted by Crippen LogP contribution is -2.30.